The molecule has 1 saturated heterocycles. The standard InChI is InChI=1S/C20H18F2N2O5/c1-28-17-5-3-2-4-16(17)24-10-12(8-19(24)26)20(27)29-11-18(25)23-13-6-7-14(21)15(22)9-13/h2-7,9,12H,8,10-11H2,1H3,(H,23,25)/t12-/m1/s1. The zero-order valence-electron chi connectivity index (χ0n) is 15.5. The number of para-hydroxylation sites is 2. The van der Waals surface area contributed by atoms with Crippen molar-refractivity contribution in [3.8, 4) is 5.75 Å². The quantitative estimate of drug-likeness (QED) is 0.748. The summed E-state index contributed by atoms with van der Waals surface area (Å²) in [6.07, 6.45) is -0.0539. The average Bonchev–Trinajstić information content (AvgIpc) is 3.10. The molecule has 0 bridgehead atoms. The first kappa shape index (κ1) is 20.2. The van der Waals surface area contributed by atoms with Crippen molar-refractivity contribution in [2.45, 2.75) is 6.42 Å². The molecule has 1 aliphatic heterocycles. The van der Waals surface area contributed by atoms with Crippen molar-refractivity contribution in [2.24, 2.45) is 5.92 Å². The van der Waals surface area contributed by atoms with E-state index in [0.717, 1.165) is 12.1 Å². The minimum atomic E-state index is -1.11. The lowest BCUT2D eigenvalue weighted by Gasteiger charge is -2.19. The number of hydrogen-bond acceptors (Lipinski definition) is 5. The molecule has 0 aliphatic carbocycles. The predicted molar refractivity (Wildman–Crippen MR) is 99.4 cm³/mol. The molecule has 2 aromatic carbocycles. The lowest BCUT2D eigenvalue weighted by molar-refractivity contribution is -0.151. The zero-order valence-corrected chi connectivity index (χ0v) is 15.5. The number of nitrogens with zero attached hydrogens (tertiary/aromatic N) is 1. The van der Waals surface area contributed by atoms with Gasteiger partial charge in [-0.2, -0.15) is 0 Å². The second kappa shape index (κ2) is 8.68. The third-order valence-corrected chi connectivity index (χ3v) is 4.38. The second-order valence-corrected chi connectivity index (χ2v) is 6.36. The number of halogens is 2. The van der Waals surface area contributed by atoms with E-state index < -0.39 is 36.0 Å². The number of carbonyl (C=O) groups is 3. The van der Waals surface area contributed by atoms with Gasteiger partial charge in [0.1, 0.15) is 5.75 Å². The van der Waals surface area contributed by atoms with Gasteiger partial charge in [-0.3, -0.25) is 14.4 Å². The molecule has 2 amide bonds. The van der Waals surface area contributed by atoms with Crippen molar-refractivity contribution in [3.63, 3.8) is 0 Å². The van der Waals surface area contributed by atoms with Crippen molar-refractivity contribution < 1.29 is 32.6 Å². The number of amides is 2. The number of benzene rings is 2. The Bertz CT molecular complexity index is 950. The minimum absolute atomic E-state index is 0.0309. The number of rotatable bonds is 6. The van der Waals surface area contributed by atoms with Crippen LogP contribution in [0.1, 0.15) is 6.42 Å². The molecule has 2 aromatic rings. The summed E-state index contributed by atoms with van der Waals surface area (Å²) in [6.45, 7) is -0.514. The third-order valence-electron chi connectivity index (χ3n) is 4.38. The number of ether oxygens (including phenoxy) is 2. The molecule has 1 atom stereocenters. The summed E-state index contributed by atoms with van der Waals surface area (Å²) in [7, 11) is 1.48. The molecule has 1 aliphatic rings. The Morgan fingerprint density at radius 3 is 2.66 bits per heavy atom. The van der Waals surface area contributed by atoms with E-state index in [-0.39, 0.29) is 24.6 Å². The molecule has 0 spiro atoms. The van der Waals surface area contributed by atoms with Crippen molar-refractivity contribution in [1.82, 2.24) is 0 Å². The van der Waals surface area contributed by atoms with E-state index in [9.17, 15) is 23.2 Å². The maximum absolute atomic E-state index is 13.2. The molecule has 0 saturated carbocycles. The van der Waals surface area contributed by atoms with Gasteiger partial charge in [0, 0.05) is 24.7 Å². The minimum Gasteiger partial charge on any atom is -0.495 e. The van der Waals surface area contributed by atoms with Gasteiger partial charge in [0.2, 0.25) is 5.91 Å². The van der Waals surface area contributed by atoms with Crippen LogP contribution in [0.2, 0.25) is 0 Å². The van der Waals surface area contributed by atoms with Crippen LogP contribution < -0.4 is 15.0 Å². The second-order valence-electron chi connectivity index (χ2n) is 6.36. The fraction of sp³-hybridized carbons (Fsp3) is 0.250. The van der Waals surface area contributed by atoms with Gasteiger partial charge in [0.05, 0.1) is 18.7 Å². The smallest absolute Gasteiger partial charge is 0.311 e. The van der Waals surface area contributed by atoms with Crippen LogP contribution in [-0.4, -0.2) is 38.0 Å². The number of nitrogens with one attached hydrogen (secondary N) is 1. The van der Waals surface area contributed by atoms with Gasteiger partial charge in [-0.25, -0.2) is 8.78 Å². The Balaban J connectivity index is 1.55. The highest BCUT2D eigenvalue weighted by Gasteiger charge is 2.37. The Morgan fingerprint density at radius 1 is 1.17 bits per heavy atom. The fourth-order valence-electron chi connectivity index (χ4n) is 2.98. The summed E-state index contributed by atoms with van der Waals surface area (Å²) >= 11 is 0. The van der Waals surface area contributed by atoms with Crippen LogP contribution >= 0.6 is 0 Å². The number of methoxy groups -OCH3 is 1. The average molecular weight is 404 g/mol. The van der Waals surface area contributed by atoms with Gasteiger partial charge in [0.15, 0.2) is 18.2 Å². The maximum atomic E-state index is 13.2. The molecular formula is C20H18F2N2O5. The molecule has 0 aromatic heterocycles. The first-order chi connectivity index (χ1) is 13.9. The van der Waals surface area contributed by atoms with Gasteiger partial charge in [-0.15, -0.1) is 0 Å². The maximum Gasteiger partial charge on any atom is 0.311 e. The molecule has 0 unspecified atom stereocenters. The molecule has 1 N–H and O–H groups in total. The summed E-state index contributed by atoms with van der Waals surface area (Å²) in [4.78, 5) is 37.9. The Morgan fingerprint density at radius 2 is 1.93 bits per heavy atom. The van der Waals surface area contributed by atoms with Crippen LogP contribution in [0.4, 0.5) is 20.2 Å². The summed E-state index contributed by atoms with van der Waals surface area (Å²) in [5.41, 5.74) is 0.578. The topological polar surface area (TPSA) is 84.9 Å². The van der Waals surface area contributed by atoms with Crippen LogP contribution in [0, 0.1) is 17.6 Å². The van der Waals surface area contributed by atoms with E-state index in [1.54, 1.807) is 24.3 Å². The summed E-state index contributed by atoms with van der Waals surface area (Å²) in [5.74, 6) is -4.06. The summed E-state index contributed by atoms with van der Waals surface area (Å²) < 4.78 is 36.3. The van der Waals surface area contributed by atoms with E-state index in [0.29, 0.717) is 11.4 Å². The Hall–Kier alpha value is -3.49. The highest BCUT2D eigenvalue weighted by molar-refractivity contribution is 6.01. The SMILES string of the molecule is COc1ccccc1N1C[C@H](C(=O)OCC(=O)Nc2ccc(F)c(F)c2)CC1=O. The number of hydrogen-bond donors (Lipinski definition) is 1. The van der Waals surface area contributed by atoms with Crippen LogP contribution in [-0.2, 0) is 19.1 Å². The third kappa shape index (κ3) is 4.68. The number of carbonyl (C=O) groups excluding carboxylic acids is 3. The van der Waals surface area contributed by atoms with Gasteiger partial charge >= 0.3 is 5.97 Å². The van der Waals surface area contributed by atoms with Crippen molar-refractivity contribution >= 4 is 29.2 Å². The molecular weight excluding hydrogens is 386 g/mol. The molecule has 1 heterocycles. The van der Waals surface area contributed by atoms with Gasteiger partial charge in [-0.1, -0.05) is 12.1 Å². The highest BCUT2D eigenvalue weighted by Crippen LogP contribution is 2.33. The van der Waals surface area contributed by atoms with Crippen LogP contribution in [0.15, 0.2) is 42.5 Å². The lowest BCUT2D eigenvalue weighted by atomic mass is 10.1. The lowest BCUT2D eigenvalue weighted by Crippen LogP contribution is -2.28. The van der Waals surface area contributed by atoms with Crippen LogP contribution in [0.25, 0.3) is 0 Å². The monoisotopic (exact) mass is 404 g/mol. The fourth-order valence-corrected chi connectivity index (χ4v) is 2.98. The predicted octanol–water partition coefficient (Wildman–Crippen LogP) is 2.51. The number of anilines is 2. The highest BCUT2D eigenvalue weighted by atomic mass is 19.2. The first-order valence-corrected chi connectivity index (χ1v) is 8.74. The summed E-state index contributed by atoms with van der Waals surface area (Å²) in [6, 6.07) is 9.79. The molecule has 7 nitrogen and oxygen atoms in total. The zero-order chi connectivity index (χ0) is 21.0. The van der Waals surface area contributed by atoms with Crippen molar-refractivity contribution in [1.29, 1.82) is 0 Å². The molecule has 3 rings (SSSR count). The van der Waals surface area contributed by atoms with Crippen LogP contribution in [0.5, 0.6) is 5.75 Å². The first-order valence-electron chi connectivity index (χ1n) is 8.74. The van der Waals surface area contributed by atoms with Gasteiger partial charge < -0.3 is 19.7 Å². The Labute approximate surface area is 165 Å². The van der Waals surface area contributed by atoms with Crippen molar-refractivity contribution in [2.75, 3.05) is 30.5 Å². The van der Waals surface area contributed by atoms with E-state index >= 15 is 0 Å². The molecule has 1 fully saturated rings. The van der Waals surface area contributed by atoms with E-state index in [1.807, 2.05) is 0 Å². The van der Waals surface area contributed by atoms with Gasteiger partial charge in [-0.05, 0) is 24.3 Å². The van der Waals surface area contributed by atoms with Gasteiger partial charge in [0.25, 0.3) is 5.91 Å². The largest absolute Gasteiger partial charge is 0.495 e. The Kier molecular flexibility index (Phi) is 6.06. The molecule has 152 valence electrons. The molecule has 0 radical (unpaired) electrons. The summed E-state index contributed by atoms with van der Waals surface area (Å²) in [5, 5.41) is 2.30. The molecule has 9 heteroatoms. The molecule has 29 heavy (non-hydrogen) atoms. The normalized spacial score (nSPS) is 15.9. The van der Waals surface area contributed by atoms with Crippen LogP contribution in [0.3, 0.4) is 0 Å². The number of esters is 1. The van der Waals surface area contributed by atoms with E-state index in [1.165, 1.54) is 18.1 Å². The van der Waals surface area contributed by atoms with E-state index in [2.05, 4.69) is 5.32 Å². The van der Waals surface area contributed by atoms with E-state index in [4.69, 9.17) is 9.47 Å². The van der Waals surface area contributed by atoms with Crippen molar-refractivity contribution in [3.05, 3.63) is 54.1 Å².